The maximum atomic E-state index is 13.0. The number of aliphatic imine (C=N–C) groups is 1. The standard InChI is InChI=1S/C25H32ClN7O/c1-18-6-5-7-21(26)24(18)29-25(34)32(4)23-16-22(27-17-31(23)3)28-19-8-10-20(11-9-19)33-14-12-30(2)13-15-33/h5-11,16H,12-15,17H2,1-4H3,(H,27,28)(H,29,34). The molecule has 2 heterocycles. The van der Waals surface area contributed by atoms with Gasteiger partial charge in [-0.15, -0.1) is 0 Å². The number of nitrogens with zero attached hydrogens (tertiary/aromatic N) is 5. The summed E-state index contributed by atoms with van der Waals surface area (Å²) in [6.45, 7) is 6.59. The molecule has 9 heteroatoms. The van der Waals surface area contributed by atoms with E-state index in [1.807, 2.05) is 37.1 Å². The molecule has 0 bridgehead atoms. The molecule has 2 aromatic rings. The highest BCUT2D eigenvalue weighted by atomic mass is 35.5. The SMILES string of the molecule is Cc1cccc(Cl)c1NC(=O)N(C)C1=CC(Nc2ccc(N3CCN(C)CC3)cc2)=NCN1C. The van der Waals surface area contributed by atoms with Crippen LogP contribution in [-0.4, -0.2) is 80.6 Å². The van der Waals surface area contributed by atoms with Gasteiger partial charge < -0.3 is 25.3 Å². The maximum Gasteiger partial charge on any atom is 0.327 e. The number of urea groups is 1. The van der Waals surface area contributed by atoms with Crippen molar-refractivity contribution in [3.8, 4) is 0 Å². The van der Waals surface area contributed by atoms with Crippen LogP contribution in [0.25, 0.3) is 0 Å². The van der Waals surface area contributed by atoms with E-state index in [0.717, 1.165) is 43.3 Å². The van der Waals surface area contributed by atoms with E-state index in [1.54, 1.807) is 18.0 Å². The summed E-state index contributed by atoms with van der Waals surface area (Å²) in [6, 6.07) is 13.7. The van der Waals surface area contributed by atoms with E-state index in [9.17, 15) is 4.79 Å². The second kappa shape index (κ2) is 10.4. The molecule has 0 spiro atoms. The number of hydrogen-bond donors (Lipinski definition) is 2. The number of nitrogens with one attached hydrogen (secondary N) is 2. The summed E-state index contributed by atoms with van der Waals surface area (Å²) in [4.78, 5) is 25.8. The first kappa shape index (κ1) is 23.9. The molecule has 2 aliphatic rings. The van der Waals surface area contributed by atoms with E-state index in [4.69, 9.17) is 11.6 Å². The molecule has 34 heavy (non-hydrogen) atoms. The molecule has 0 radical (unpaired) electrons. The first-order valence-electron chi connectivity index (χ1n) is 11.4. The number of amides is 2. The van der Waals surface area contributed by atoms with Crippen LogP contribution < -0.4 is 15.5 Å². The molecule has 0 aromatic heterocycles. The number of aryl methyl sites for hydroxylation is 1. The zero-order chi connectivity index (χ0) is 24.2. The molecule has 1 fully saturated rings. The van der Waals surface area contributed by atoms with E-state index in [-0.39, 0.29) is 6.03 Å². The number of rotatable bonds is 4. The van der Waals surface area contributed by atoms with Gasteiger partial charge in [0, 0.05) is 57.7 Å². The lowest BCUT2D eigenvalue weighted by Gasteiger charge is -2.34. The largest absolute Gasteiger partial charge is 0.369 e. The van der Waals surface area contributed by atoms with E-state index in [0.29, 0.717) is 23.2 Å². The lowest BCUT2D eigenvalue weighted by atomic mass is 10.2. The summed E-state index contributed by atoms with van der Waals surface area (Å²) in [5.74, 6) is 1.43. The number of likely N-dealkylation sites (N-methyl/N-ethyl adjacent to an activating group) is 1. The summed E-state index contributed by atoms with van der Waals surface area (Å²) in [7, 11) is 5.80. The van der Waals surface area contributed by atoms with Crippen molar-refractivity contribution >= 4 is 40.5 Å². The minimum Gasteiger partial charge on any atom is -0.369 e. The third kappa shape index (κ3) is 5.46. The van der Waals surface area contributed by atoms with E-state index in [1.165, 1.54) is 5.69 Å². The number of para-hydroxylation sites is 1. The van der Waals surface area contributed by atoms with Crippen LogP contribution in [0.4, 0.5) is 21.9 Å². The molecule has 0 aliphatic carbocycles. The fourth-order valence-electron chi connectivity index (χ4n) is 4.01. The molecule has 1 saturated heterocycles. The van der Waals surface area contributed by atoms with Crippen LogP contribution in [0, 0.1) is 6.92 Å². The maximum absolute atomic E-state index is 13.0. The summed E-state index contributed by atoms with van der Waals surface area (Å²) in [6.07, 6.45) is 1.87. The molecular formula is C25H32ClN7O. The second-order valence-electron chi connectivity index (χ2n) is 8.77. The predicted molar refractivity (Wildman–Crippen MR) is 141 cm³/mol. The van der Waals surface area contributed by atoms with Crippen LogP contribution in [-0.2, 0) is 0 Å². The highest BCUT2D eigenvalue weighted by molar-refractivity contribution is 6.33. The summed E-state index contributed by atoms with van der Waals surface area (Å²) in [5, 5.41) is 6.80. The van der Waals surface area contributed by atoms with Crippen molar-refractivity contribution in [2.24, 2.45) is 4.99 Å². The van der Waals surface area contributed by atoms with Crippen LogP contribution in [0.3, 0.4) is 0 Å². The van der Waals surface area contributed by atoms with Gasteiger partial charge in [-0.05, 0) is 49.9 Å². The number of benzene rings is 2. The molecular weight excluding hydrogens is 450 g/mol. The number of carbonyl (C=O) groups excluding carboxylic acids is 1. The van der Waals surface area contributed by atoms with Gasteiger partial charge >= 0.3 is 6.03 Å². The fourth-order valence-corrected chi connectivity index (χ4v) is 4.28. The van der Waals surface area contributed by atoms with Gasteiger partial charge in [0.25, 0.3) is 0 Å². The third-order valence-corrected chi connectivity index (χ3v) is 6.54. The van der Waals surface area contributed by atoms with E-state index >= 15 is 0 Å². The normalized spacial score (nSPS) is 16.6. The Kier molecular flexibility index (Phi) is 7.29. The van der Waals surface area contributed by atoms with Gasteiger partial charge in [0.1, 0.15) is 18.3 Å². The Labute approximate surface area is 206 Å². The highest BCUT2D eigenvalue weighted by Gasteiger charge is 2.22. The summed E-state index contributed by atoms with van der Waals surface area (Å²) >= 11 is 6.28. The van der Waals surface area contributed by atoms with Gasteiger partial charge in [0.05, 0.1) is 10.7 Å². The van der Waals surface area contributed by atoms with Gasteiger partial charge in [0.2, 0.25) is 0 Å². The molecule has 0 atom stereocenters. The molecule has 2 aliphatic heterocycles. The van der Waals surface area contributed by atoms with Crippen molar-refractivity contribution < 1.29 is 4.79 Å². The van der Waals surface area contributed by atoms with Gasteiger partial charge in [0.15, 0.2) is 0 Å². The van der Waals surface area contributed by atoms with Crippen molar-refractivity contribution in [3.05, 3.63) is 64.9 Å². The van der Waals surface area contributed by atoms with Gasteiger partial charge in [-0.3, -0.25) is 4.90 Å². The molecule has 0 unspecified atom stereocenters. The lowest BCUT2D eigenvalue weighted by Crippen LogP contribution is -2.44. The fraction of sp³-hybridized carbons (Fsp3) is 0.360. The second-order valence-corrected chi connectivity index (χ2v) is 9.18. The topological polar surface area (TPSA) is 66.5 Å². The van der Waals surface area contributed by atoms with Crippen molar-refractivity contribution in [2.75, 3.05) is 69.5 Å². The number of carbonyl (C=O) groups is 1. The highest BCUT2D eigenvalue weighted by Crippen LogP contribution is 2.26. The van der Waals surface area contributed by atoms with Gasteiger partial charge in [-0.2, -0.15) is 0 Å². The van der Waals surface area contributed by atoms with Crippen LogP contribution in [0.5, 0.6) is 0 Å². The smallest absolute Gasteiger partial charge is 0.327 e. The average molecular weight is 482 g/mol. The molecule has 2 aromatic carbocycles. The Hall–Kier alpha value is -3.23. The first-order chi connectivity index (χ1) is 16.3. The van der Waals surface area contributed by atoms with E-state index in [2.05, 4.69) is 56.7 Å². The Balaban J connectivity index is 1.42. The Morgan fingerprint density at radius 3 is 2.44 bits per heavy atom. The minimum atomic E-state index is -0.271. The van der Waals surface area contributed by atoms with Crippen molar-refractivity contribution in [1.82, 2.24) is 14.7 Å². The number of anilines is 3. The predicted octanol–water partition coefficient (Wildman–Crippen LogP) is 4.12. The Bertz CT molecular complexity index is 1070. The summed E-state index contributed by atoms with van der Waals surface area (Å²) in [5.41, 5.74) is 3.71. The van der Waals surface area contributed by atoms with Crippen LogP contribution in [0.2, 0.25) is 5.02 Å². The van der Waals surface area contributed by atoms with Crippen LogP contribution in [0.15, 0.2) is 59.4 Å². The zero-order valence-electron chi connectivity index (χ0n) is 20.2. The number of amidine groups is 1. The minimum absolute atomic E-state index is 0.271. The Morgan fingerprint density at radius 2 is 1.76 bits per heavy atom. The monoisotopic (exact) mass is 481 g/mol. The summed E-state index contributed by atoms with van der Waals surface area (Å²) < 4.78 is 0. The lowest BCUT2D eigenvalue weighted by molar-refractivity contribution is 0.216. The van der Waals surface area contributed by atoms with Crippen molar-refractivity contribution in [3.63, 3.8) is 0 Å². The van der Waals surface area contributed by atoms with Gasteiger partial charge in [-0.1, -0.05) is 23.7 Å². The van der Waals surface area contributed by atoms with Crippen molar-refractivity contribution in [1.29, 1.82) is 0 Å². The molecule has 4 rings (SSSR count). The molecule has 0 saturated carbocycles. The molecule has 2 amide bonds. The molecule has 8 nitrogen and oxygen atoms in total. The van der Waals surface area contributed by atoms with E-state index < -0.39 is 0 Å². The molecule has 2 N–H and O–H groups in total. The zero-order valence-corrected chi connectivity index (χ0v) is 20.9. The number of hydrogen-bond acceptors (Lipinski definition) is 6. The van der Waals surface area contributed by atoms with Crippen LogP contribution in [0.1, 0.15) is 5.56 Å². The molecule has 180 valence electrons. The van der Waals surface area contributed by atoms with Gasteiger partial charge in [-0.25, -0.2) is 9.79 Å². The van der Waals surface area contributed by atoms with Crippen LogP contribution >= 0.6 is 11.6 Å². The average Bonchev–Trinajstić information content (AvgIpc) is 2.83. The number of halogens is 1. The number of piperazine rings is 1. The van der Waals surface area contributed by atoms with Crippen molar-refractivity contribution in [2.45, 2.75) is 6.92 Å². The third-order valence-electron chi connectivity index (χ3n) is 6.22. The quantitative estimate of drug-likeness (QED) is 0.687. The Morgan fingerprint density at radius 1 is 1.06 bits per heavy atom. The first-order valence-corrected chi connectivity index (χ1v) is 11.8.